The molecular weight excluding hydrogens is 240 g/mol. The van der Waals surface area contributed by atoms with Gasteiger partial charge >= 0.3 is 5.97 Å². The highest BCUT2D eigenvalue weighted by Crippen LogP contribution is 2.26. The summed E-state index contributed by atoms with van der Waals surface area (Å²) in [6.45, 7) is 4.77. The number of carboxylic acids is 1. The Morgan fingerprint density at radius 1 is 1.21 bits per heavy atom. The molecular formula is C15H16N2O2. The van der Waals surface area contributed by atoms with Crippen LogP contribution in [0.15, 0.2) is 42.5 Å². The number of aromatic carboxylic acids is 1. The summed E-state index contributed by atoms with van der Waals surface area (Å²) in [7, 11) is 0. The lowest BCUT2D eigenvalue weighted by Crippen LogP contribution is -2.19. The number of aromatic nitrogens is 1. The van der Waals surface area contributed by atoms with Gasteiger partial charge in [-0.25, -0.2) is 9.78 Å². The fraction of sp³-hybridized carbons (Fsp3) is 0.200. The Bertz CT molecular complexity index is 596. The maximum atomic E-state index is 11.0. The molecule has 19 heavy (non-hydrogen) atoms. The van der Waals surface area contributed by atoms with Crippen molar-refractivity contribution in [3.05, 3.63) is 53.7 Å². The second-order valence-electron chi connectivity index (χ2n) is 4.22. The fourth-order valence-corrected chi connectivity index (χ4v) is 2.01. The molecule has 0 aliphatic rings. The molecule has 1 heterocycles. The third-order valence-electron chi connectivity index (χ3n) is 2.95. The van der Waals surface area contributed by atoms with Gasteiger partial charge in [-0.15, -0.1) is 0 Å². The van der Waals surface area contributed by atoms with Crippen LogP contribution in [0, 0.1) is 6.92 Å². The Labute approximate surface area is 112 Å². The normalized spacial score (nSPS) is 10.2. The lowest BCUT2D eigenvalue weighted by molar-refractivity contribution is 0.0690. The van der Waals surface area contributed by atoms with E-state index in [0.717, 1.165) is 17.8 Å². The first kappa shape index (κ1) is 13.1. The van der Waals surface area contributed by atoms with Gasteiger partial charge in [0.1, 0.15) is 5.82 Å². The minimum Gasteiger partial charge on any atom is -0.477 e. The van der Waals surface area contributed by atoms with Crippen LogP contribution in [0.5, 0.6) is 0 Å². The molecule has 0 spiro atoms. The van der Waals surface area contributed by atoms with Crippen LogP contribution < -0.4 is 4.90 Å². The molecule has 2 rings (SSSR count). The Morgan fingerprint density at radius 2 is 1.95 bits per heavy atom. The number of carboxylic acid groups (broad SMARTS) is 1. The highest BCUT2D eigenvalue weighted by Gasteiger charge is 2.13. The van der Waals surface area contributed by atoms with Gasteiger partial charge in [-0.3, -0.25) is 0 Å². The lowest BCUT2D eigenvalue weighted by atomic mass is 10.2. The molecule has 0 fully saturated rings. The lowest BCUT2D eigenvalue weighted by Gasteiger charge is -2.24. The molecule has 0 aliphatic carbocycles. The van der Waals surface area contributed by atoms with E-state index in [1.807, 2.05) is 49.1 Å². The monoisotopic (exact) mass is 256 g/mol. The van der Waals surface area contributed by atoms with Crippen LogP contribution >= 0.6 is 0 Å². The Kier molecular flexibility index (Phi) is 3.80. The second kappa shape index (κ2) is 5.52. The average molecular weight is 256 g/mol. The van der Waals surface area contributed by atoms with Gasteiger partial charge in [0.2, 0.25) is 0 Å². The highest BCUT2D eigenvalue weighted by atomic mass is 16.4. The molecule has 1 N–H and O–H groups in total. The summed E-state index contributed by atoms with van der Waals surface area (Å²) in [6.07, 6.45) is 0. The van der Waals surface area contributed by atoms with E-state index >= 15 is 0 Å². The average Bonchev–Trinajstić information content (AvgIpc) is 2.42. The number of hydrogen-bond donors (Lipinski definition) is 1. The summed E-state index contributed by atoms with van der Waals surface area (Å²) in [5.41, 5.74) is 2.23. The van der Waals surface area contributed by atoms with Crippen LogP contribution in [-0.4, -0.2) is 22.6 Å². The SMILES string of the molecule is CCN(c1cccc(C(=O)O)n1)c1ccccc1C. The largest absolute Gasteiger partial charge is 0.477 e. The quantitative estimate of drug-likeness (QED) is 0.912. The van der Waals surface area contributed by atoms with Crippen LogP contribution in [0.2, 0.25) is 0 Å². The molecule has 0 saturated heterocycles. The third-order valence-corrected chi connectivity index (χ3v) is 2.95. The molecule has 0 atom stereocenters. The summed E-state index contributed by atoms with van der Waals surface area (Å²) in [5.74, 6) is -0.362. The molecule has 0 amide bonds. The molecule has 2 aromatic rings. The zero-order valence-electron chi connectivity index (χ0n) is 11.0. The first-order valence-corrected chi connectivity index (χ1v) is 6.17. The molecule has 4 nitrogen and oxygen atoms in total. The van der Waals surface area contributed by atoms with E-state index in [-0.39, 0.29) is 5.69 Å². The number of anilines is 2. The van der Waals surface area contributed by atoms with Gasteiger partial charge in [0.25, 0.3) is 0 Å². The molecule has 1 aromatic carbocycles. The molecule has 0 saturated carbocycles. The molecule has 98 valence electrons. The summed E-state index contributed by atoms with van der Waals surface area (Å²) >= 11 is 0. The van der Waals surface area contributed by atoms with Crippen LogP contribution in [-0.2, 0) is 0 Å². The molecule has 0 unspecified atom stereocenters. The first-order chi connectivity index (χ1) is 9.13. The van der Waals surface area contributed by atoms with E-state index in [0.29, 0.717) is 5.82 Å². The summed E-state index contributed by atoms with van der Waals surface area (Å²) in [6, 6.07) is 13.0. The number of hydrogen-bond acceptors (Lipinski definition) is 3. The summed E-state index contributed by atoms with van der Waals surface area (Å²) in [5, 5.41) is 9.01. The van der Waals surface area contributed by atoms with Crippen molar-refractivity contribution in [1.82, 2.24) is 4.98 Å². The standard InChI is InChI=1S/C15H16N2O2/c1-3-17(13-9-5-4-7-11(13)2)14-10-6-8-12(16-14)15(18)19/h4-10H,3H2,1-2H3,(H,18,19). The van der Waals surface area contributed by atoms with Crippen molar-refractivity contribution in [3.63, 3.8) is 0 Å². The van der Waals surface area contributed by atoms with Crippen LogP contribution in [0.25, 0.3) is 0 Å². The first-order valence-electron chi connectivity index (χ1n) is 6.17. The van der Waals surface area contributed by atoms with Crippen molar-refractivity contribution in [3.8, 4) is 0 Å². The van der Waals surface area contributed by atoms with Crippen LogP contribution in [0.3, 0.4) is 0 Å². The number of aryl methyl sites for hydroxylation is 1. The van der Waals surface area contributed by atoms with Crippen LogP contribution in [0.1, 0.15) is 23.0 Å². The van der Waals surface area contributed by atoms with Gasteiger partial charge in [-0.1, -0.05) is 24.3 Å². The Morgan fingerprint density at radius 3 is 2.58 bits per heavy atom. The predicted octanol–water partition coefficient (Wildman–Crippen LogP) is 3.25. The number of benzene rings is 1. The van der Waals surface area contributed by atoms with E-state index in [1.165, 1.54) is 6.07 Å². The van der Waals surface area contributed by atoms with E-state index in [2.05, 4.69) is 4.98 Å². The van der Waals surface area contributed by atoms with Gasteiger partial charge in [-0.2, -0.15) is 0 Å². The molecule has 1 aromatic heterocycles. The fourth-order valence-electron chi connectivity index (χ4n) is 2.01. The van der Waals surface area contributed by atoms with Crippen molar-refractivity contribution < 1.29 is 9.90 Å². The topological polar surface area (TPSA) is 53.4 Å². The number of nitrogens with zero attached hydrogens (tertiary/aromatic N) is 2. The number of para-hydroxylation sites is 1. The number of pyridine rings is 1. The van der Waals surface area contributed by atoms with Gasteiger partial charge < -0.3 is 10.0 Å². The van der Waals surface area contributed by atoms with E-state index < -0.39 is 5.97 Å². The van der Waals surface area contributed by atoms with Crippen molar-refractivity contribution in [2.75, 3.05) is 11.4 Å². The zero-order valence-corrected chi connectivity index (χ0v) is 11.0. The molecule has 0 radical (unpaired) electrons. The molecule has 0 aliphatic heterocycles. The van der Waals surface area contributed by atoms with Crippen molar-refractivity contribution in [2.45, 2.75) is 13.8 Å². The minimum absolute atomic E-state index is 0.0598. The van der Waals surface area contributed by atoms with Gasteiger partial charge in [0.15, 0.2) is 5.69 Å². The molecule has 4 heteroatoms. The molecule has 0 bridgehead atoms. The van der Waals surface area contributed by atoms with E-state index in [9.17, 15) is 4.79 Å². The van der Waals surface area contributed by atoms with Gasteiger partial charge in [0, 0.05) is 12.2 Å². The number of rotatable bonds is 4. The van der Waals surface area contributed by atoms with Crippen molar-refractivity contribution in [1.29, 1.82) is 0 Å². The maximum Gasteiger partial charge on any atom is 0.354 e. The third kappa shape index (κ3) is 2.73. The zero-order chi connectivity index (χ0) is 13.8. The number of carbonyl (C=O) groups is 1. The van der Waals surface area contributed by atoms with E-state index in [1.54, 1.807) is 6.07 Å². The highest BCUT2D eigenvalue weighted by molar-refractivity contribution is 5.86. The van der Waals surface area contributed by atoms with Gasteiger partial charge in [0.05, 0.1) is 0 Å². The van der Waals surface area contributed by atoms with Crippen molar-refractivity contribution >= 4 is 17.5 Å². The Hall–Kier alpha value is -2.36. The summed E-state index contributed by atoms with van der Waals surface area (Å²) in [4.78, 5) is 17.2. The van der Waals surface area contributed by atoms with Crippen molar-refractivity contribution in [2.24, 2.45) is 0 Å². The minimum atomic E-state index is -1.01. The van der Waals surface area contributed by atoms with Crippen LogP contribution in [0.4, 0.5) is 11.5 Å². The predicted molar refractivity (Wildman–Crippen MR) is 75.1 cm³/mol. The maximum absolute atomic E-state index is 11.0. The smallest absolute Gasteiger partial charge is 0.354 e. The Balaban J connectivity index is 2.45. The van der Waals surface area contributed by atoms with Gasteiger partial charge in [-0.05, 0) is 37.6 Å². The van der Waals surface area contributed by atoms with E-state index in [4.69, 9.17) is 5.11 Å². The summed E-state index contributed by atoms with van der Waals surface area (Å²) < 4.78 is 0. The second-order valence-corrected chi connectivity index (χ2v) is 4.22.